The number of nitrogens with one attached hydrogen (secondary N) is 1. The van der Waals surface area contributed by atoms with Gasteiger partial charge in [-0.25, -0.2) is 4.98 Å². The normalized spacial score (nSPS) is 17.8. The lowest BCUT2D eigenvalue weighted by atomic mass is 10.2. The van der Waals surface area contributed by atoms with Crippen LogP contribution in [-0.2, 0) is 11.3 Å². The Morgan fingerprint density at radius 1 is 1.43 bits per heavy atom. The van der Waals surface area contributed by atoms with Gasteiger partial charge in [-0.2, -0.15) is 10.3 Å². The minimum absolute atomic E-state index is 0.278. The molecule has 0 aliphatic carbocycles. The molecule has 0 spiro atoms. The number of H-pyrrole nitrogens is 1. The van der Waals surface area contributed by atoms with E-state index in [0.29, 0.717) is 0 Å². The molecule has 1 fully saturated rings. The molecule has 0 saturated carbocycles. The molecule has 4 rings (SSSR count). The standard InChI is InChI=1S/C15H17N5OS2/c1-2-11(21-8-1)12-3-4-13(23-12)15-16-5-6-20(15)7-9-22-14-10-17-19-18-14/h3-6,10-11H,1-2,7-9H2,(H,17,18,19). The fraction of sp³-hybridized carbons (Fsp3) is 0.400. The van der Waals surface area contributed by atoms with E-state index in [1.165, 1.54) is 9.75 Å². The van der Waals surface area contributed by atoms with Gasteiger partial charge in [0, 0.05) is 36.2 Å². The van der Waals surface area contributed by atoms with Crippen molar-refractivity contribution in [3.8, 4) is 10.7 Å². The molecule has 0 amide bonds. The van der Waals surface area contributed by atoms with E-state index < -0.39 is 0 Å². The molecule has 8 heteroatoms. The molecule has 1 aliphatic rings. The molecular weight excluding hydrogens is 330 g/mol. The van der Waals surface area contributed by atoms with E-state index in [2.05, 4.69) is 37.1 Å². The number of aryl methyl sites for hydroxylation is 1. The Labute approximate surface area is 142 Å². The summed E-state index contributed by atoms with van der Waals surface area (Å²) in [5.74, 6) is 1.96. The van der Waals surface area contributed by atoms with Gasteiger partial charge in [0.05, 0.1) is 17.2 Å². The number of thiophene rings is 1. The van der Waals surface area contributed by atoms with Crippen LogP contribution in [-0.4, -0.2) is 37.3 Å². The van der Waals surface area contributed by atoms with Crippen molar-refractivity contribution in [1.82, 2.24) is 25.0 Å². The van der Waals surface area contributed by atoms with E-state index in [-0.39, 0.29) is 6.10 Å². The molecule has 6 nitrogen and oxygen atoms in total. The van der Waals surface area contributed by atoms with Crippen molar-refractivity contribution in [3.63, 3.8) is 0 Å². The van der Waals surface area contributed by atoms with E-state index in [0.717, 1.165) is 42.6 Å². The lowest BCUT2D eigenvalue weighted by Gasteiger charge is -2.06. The quantitative estimate of drug-likeness (QED) is 0.692. The Balaban J connectivity index is 1.44. The second-order valence-corrected chi connectivity index (χ2v) is 7.54. The minimum atomic E-state index is 0.278. The molecule has 1 saturated heterocycles. The number of ether oxygens (including phenoxy) is 1. The number of imidazole rings is 1. The van der Waals surface area contributed by atoms with Crippen LogP contribution in [0.1, 0.15) is 23.8 Å². The van der Waals surface area contributed by atoms with E-state index in [9.17, 15) is 0 Å². The lowest BCUT2D eigenvalue weighted by Crippen LogP contribution is -2.01. The van der Waals surface area contributed by atoms with Gasteiger partial charge in [0.25, 0.3) is 0 Å². The van der Waals surface area contributed by atoms with Crippen LogP contribution in [0.5, 0.6) is 0 Å². The fourth-order valence-electron chi connectivity index (χ4n) is 2.67. The Morgan fingerprint density at radius 2 is 2.43 bits per heavy atom. The zero-order chi connectivity index (χ0) is 15.5. The van der Waals surface area contributed by atoms with Gasteiger partial charge < -0.3 is 9.30 Å². The first-order valence-electron chi connectivity index (χ1n) is 7.61. The number of aromatic amines is 1. The summed E-state index contributed by atoms with van der Waals surface area (Å²) in [5.41, 5.74) is 0. The second-order valence-electron chi connectivity index (χ2n) is 5.30. The summed E-state index contributed by atoms with van der Waals surface area (Å²) in [6.45, 7) is 1.77. The molecular formula is C15H17N5OS2. The molecule has 1 N–H and O–H groups in total. The largest absolute Gasteiger partial charge is 0.373 e. The van der Waals surface area contributed by atoms with E-state index in [1.807, 2.05) is 12.4 Å². The third-order valence-electron chi connectivity index (χ3n) is 3.78. The van der Waals surface area contributed by atoms with Crippen LogP contribution >= 0.6 is 23.1 Å². The summed E-state index contributed by atoms with van der Waals surface area (Å²) in [7, 11) is 0. The van der Waals surface area contributed by atoms with Crippen molar-refractivity contribution in [2.75, 3.05) is 12.4 Å². The van der Waals surface area contributed by atoms with Gasteiger partial charge in [-0.3, -0.25) is 0 Å². The highest BCUT2D eigenvalue weighted by Gasteiger charge is 2.20. The van der Waals surface area contributed by atoms with Crippen molar-refractivity contribution < 1.29 is 4.74 Å². The maximum Gasteiger partial charge on any atom is 0.150 e. The number of thioether (sulfide) groups is 1. The van der Waals surface area contributed by atoms with Gasteiger partial charge in [0.15, 0.2) is 0 Å². The minimum Gasteiger partial charge on any atom is -0.373 e. The molecule has 1 aliphatic heterocycles. The lowest BCUT2D eigenvalue weighted by molar-refractivity contribution is 0.114. The summed E-state index contributed by atoms with van der Waals surface area (Å²) < 4.78 is 7.96. The molecule has 4 heterocycles. The molecule has 3 aromatic heterocycles. The maximum absolute atomic E-state index is 5.77. The average Bonchev–Trinajstić information content (AvgIpc) is 3.33. The maximum atomic E-state index is 5.77. The zero-order valence-electron chi connectivity index (χ0n) is 12.5. The number of hydrogen-bond donors (Lipinski definition) is 1. The Bertz CT molecular complexity index is 746. The van der Waals surface area contributed by atoms with Crippen LogP contribution in [0.3, 0.4) is 0 Å². The third kappa shape index (κ3) is 3.34. The van der Waals surface area contributed by atoms with Gasteiger partial charge in [0.2, 0.25) is 0 Å². The first-order valence-corrected chi connectivity index (χ1v) is 9.42. The molecule has 1 unspecified atom stereocenters. The van der Waals surface area contributed by atoms with Crippen LogP contribution < -0.4 is 0 Å². The van der Waals surface area contributed by atoms with E-state index in [1.54, 1.807) is 29.3 Å². The van der Waals surface area contributed by atoms with Crippen LogP contribution in [0.4, 0.5) is 0 Å². The van der Waals surface area contributed by atoms with Gasteiger partial charge in [-0.1, -0.05) is 0 Å². The van der Waals surface area contributed by atoms with Gasteiger partial charge in [-0.05, 0) is 25.0 Å². The molecule has 3 aromatic rings. The predicted octanol–water partition coefficient (Wildman–Crippen LogP) is 3.37. The van der Waals surface area contributed by atoms with Crippen molar-refractivity contribution in [1.29, 1.82) is 0 Å². The number of hydrogen-bond acceptors (Lipinski definition) is 6. The summed E-state index contributed by atoms with van der Waals surface area (Å²) in [4.78, 5) is 7.04. The second kappa shape index (κ2) is 6.86. The highest BCUT2D eigenvalue weighted by atomic mass is 32.2. The Hall–Kier alpha value is -1.64. The summed E-state index contributed by atoms with van der Waals surface area (Å²) in [6, 6.07) is 4.34. The van der Waals surface area contributed by atoms with Gasteiger partial charge in [-0.15, -0.1) is 28.2 Å². The zero-order valence-corrected chi connectivity index (χ0v) is 14.1. The van der Waals surface area contributed by atoms with Gasteiger partial charge in [0.1, 0.15) is 10.9 Å². The van der Waals surface area contributed by atoms with Gasteiger partial charge >= 0.3 is 0 Å². The smallest absolute Gasteiger partial charge is 0.150 e. The highest BCUT2D eigenvalue weighted by molar-refractivity contribution is 7.99. The monoisotopic (exact) mass is 347 g/mol. The number of aromatic nitrogens is 5. The van der Waals surface area contributed by atoms with Crippen molar-refractivity contribution >= 4 is 23.1 Å². The molecule has 23 heavy (non-hydrogen) atoms. The number of rotatable bonds is 6. The van der Waals surface area contributed by atoms with Crippen LogP contribution in [0, 0.1) is 0 Å². The number of nitrogens with zero attached hydrogens (tertiary/aromatic N) is 4. The highest BCUT2D eigenvalue weighted by Crippen LogP contribution is 2.36. The Kier molecular flexibility index (Phi) is 4.45. The summed E-state index contributed by atoms with van der Waals surface area (Å²) in [5, 5.41) is 11.4. The van der Waals surface area contributed by atoms with Crippen molar-refractivity contribution in [3.05, 3.63) is 35.6 Å². The van der Waals surface area contributed by atoms with E-state index in [4.69, 9.17) is 4.74 Å². The van der Waals surface area contributed by atoms with Crippen molar-refractivity contribution in [2.45, 2.75) is 30.5 Å². The Morgan fingerprint density at radius 3 is 3.26 bits per heavy atom. The van der Waals surface area contributed by atoms with Crippen molar-refractivity contribution in [2.24, 2.45) is 0 Å². The molecule has 0 radical (unpaired) electrons. The predicted molar refractivity (Wildman–Crippen MR) is 90.6 cm³/mol. The first kappa shape index (κ1) is 14.9. The molecule has 0 bridgehead atoms. The summed E-state index contributed by atoms with van der Waals surface area (Å²) in [6.07, 6.45) is 8.20. The fourth-order valence-corrected chi connectivity index (χ4v) is 4.51. The van der Waals surface area contributed by atoms with E-state index >= 15 is 0 Å². The molecule has 0 aromatic carbocycles. The SMILES string of the molecule is c1cn(CCSc2cn[nH]n2)c(-c2ccc(C3CCCO3)s2)n1. The molecule has 1 atom stereocenters. The average molecular weight is 347 g/mol. The van der Waals surface area contributed by atoms with Crippen LogP contribution in [0.2, 0.25) is 0 Å². The molecule has 120 valence electrons. The van der Waals surface area contributed by atoms with Crippen LogP contribution in [0.25, 0.3) is 10.7 Å². The topological polar surface area (TPSA) is 68.6 Å². The summed E-state index contributed by atoms with van der Waals surface area (Å²) >= 11 is 3.48. The first-order chi connectivity index (χ1) is 11.4. The third-order valence-corrected chi connectivity index (χ3v) is 5.84. The van der Waals surface area contributed by atoms with Crippen LogP contribution in [0.15, 0.2) is 35.7 Å².